The maximum atomic E-state index is 15.2. The van der Waals surface area contributed by atoms with E-state index < -0.39 is 17.8 Å². The number of hydrogen-bond donors (Lipinski definition) is 3. The second-order valence-electron chi connectivity index (χ2n) is 9.77. The number of hydrogen-bond acceptors (Lipinski definition) is 7. The summed E-state index contributed by atoms with van der Waals surface area (Å²) < 4.78 is 15.2. The van der Waals surface area contributed by atoms with Gasteiger partial charge in [0, 0.05) is 18.5 Å². The van der Waals surface area contributed by atoms with Crippen LogP contribution in [0.1, 0.15) is 57.5 Å². The van der Waals surface area contributed by atoms with Crippen molar-refractivity contribution in [2.45, 2.75) is 65.5 Å². The van der Waals surface area contributed by atoms with Crippen molar-refractivity contribution < 1.29 is 24.3 Å². The Morgan fingerprint density at radius 3 is 2.66 bits per heavy atom. The van der Waals surface area contributed by atoms with Crippen LogP contribution in [0.15, 0.2) is 0 Å². The van der Waals surface area contributed by atoms with Gasteiger partial charge in [0.15, 0.2) is 11.6 Å². The highest BCUT2D eigenvalue weighted by atomic mass is 19.1. The average Bonchev–Trinajstić information content (AvgIpc) is 3.34. The molecule has 0 unspecified atom stereocenters. The summed E-state index contributed by atoms with van der Waals surface area (Å²) in [5.74, 6) is -0.697. The zero-order chi connectivity index (χ0) is 23.5. The lowest BCUT2D eigenvalue weighted by molar-refractivity contribution is -0.155. The molecule has 3 N–H and O–H groups in total. The second-order valence-corrected chi connectivity index (χ2v) is 9.77. The van der Waals surface area contributed by atoms with E-state index in [0.29, 0.717) is 29.8 Å². The number of aromatic nitrogens is 2. The zero-order valence-corrected chi connectivity index (χ0v) is 19.1. The van der Waals surface area contributed by atoms with Crippen LogP contribution < -0.4 is 10.2 Å². The molecule has 2 heterocycles. The molecule has 178 valence electrons. The van der Waals surface area contributed by atoms with Crippen LogP contribution in [0.3, 0.4) is 0 Å². The van der Waals surface area contributed by atoms with Gasteiger partial charge < -0.3 is 15.3 Å². The Morgan fingerprint density at radius 1 is 1.38 bits per heavy atom. The number of rotatable bonds is 9. The fourth-order valence-electron chi connectivity index (χ4n) is 4.70. The van der Waals surface area contributed by atoms with E-state index in [4.69, 9.17) is 0 Å². The number of aryl methyl sites for hydroxylation is 1. The molecule has 10 heteroatoms. The van der Waals surface area contributed by atoms with Crippen LogP contribution in [0, 0.1) is 30.0 Å². The largest absolute Gasteiger partial charge is 0.391 e. The Hall–Kier alpha value is -2.33. The van der Waals surface area contributed by atoms with E-state index in [2.05, 4.69) is 15.3 Å². The lowest BCUT2D eigenvalue weighted by atomic mass is 9.90. The predicted molar refractivity (Wildman–Crippen MR) is 115 cm³/mol. The van der Waals surface area contributed by atoms with Gasteiger partial charge in [-0.15, -0.1) is 0 Å². The minimum atomic E-state index is -0.621. The summed E-state index contributed by atoms with van der Waals surface area (Å²) in [5, 5.41) is 23.1. The fraction of sp³-hybridized carbons (Fsp3) is 0.727. The number of halogens is 1. The number of amides is 2. The maximum Gasteiger partial charge on any atom is 0.233 e. The molecule has 2 atom stereocenters. The number of hydroxylamine groups is 2. The van der Waals surface area contributed by atoms with Gasteiger partial charge in [-0.3, -0.25) is 14.8 Å². The third-order valence-electron chi connectivity index (χ3n) is 6.63. The second kappa shape index (κ2) is 10.1. The summed E-state index contributed by atoms with van der Waals surface area (Å²) in [6, 6.07) is 0. The van der Waals surface area contributed by atoms with Gasteiger partial charge in [-0.05, 0) is 19.3 Å². The van der Waals surface area contributed by atoms with Crippen LogP contribution in [0.4, 0.5) is 10.2 Å². The van der Waals surface area contributed by atoms with Gasteiger partial charge in [0.2, 0.25) is 12.3 Å². The Bertz CT molecular complexity index is 831. The van der Waals surface area contributed by atoms with Crippen molar-refractivity contribution in [3.63, 3.8) is 0 Å². The average molecular weight is 452 g/mol. The third kappa shape index (κ3) is 5.72. The lowest BCUT2D eigenvalue weighted by Crippen LogP contribution is -2.38. The fourth-order valence-corrected chi connectivity index (χ4v) is 4.70. The number of aliphatic hydroxyl groups excluding tert-OH is 1. The number of carbonyl (C=O) groups is 2. The summed E-state index contributed by atoms with van der Waals surface area (Å²) in [6.07, 6.45) is 4.52. The Labute approximate surface area is 188 Å². The van der Waals surface area contributed by atoms with Crippen LogP contribution in [-0.4, -0.2) is 63.4 Å². The van der Waals surface area contributed by atoms with Crippen LogP contribution in [-0.2, 0) is 16.1 Å². The number of β-amino-alcohol motifs (C(OH)–C–C–N with tert-alkyl or cyclic N) is 1. The molecule has 2 amide bonds. The van der Waals surface area contributed by atoms with Gasteiger partial charge in [-0.1, -0.05) is 39.5 Å². The number of anilines is 1. The predicted octanol–water partition coefficient (Wildman–Crippen LogP) is 1.79. The molecule has 1 aromatic rings. The molecule has 32 heavy (non-hydrogen) atoms. The van der Waals surface area contributed by atoms with Crippen molar-refractivity contribution in [1.82, 2.24) is 20.3 Å². The summed E-state index contributed by atoms with van der Waals surface area (Å²) in [5.41, 5.74) is -0.321. The van der Waals surface area contributed by atoms with Crippen molar-refractivity contribution in [2.24, 2.45) is 17.3 Å². The quantitative estimate of drug-likeness (QED) is 0.298. The first-order chi connectivity index (χ1) is 15.1. The molecule has 0 spiro atoms. The molecule has 0 bridgehead atoms. The summed E-state index contributed by atoms with van der Waals surface area (Å²) >= 11 is 0. The highest BCUT2D eigenvalue weighted by Gasteiger charge is 2.40. The molecule has 0 radical (unpaired) electrons. The molecule has 2 aliphatic rings. The zero-order valence-electron chi connectivity index (χ0n) is 19.1. The highest BCUT2D eigenvalue weighted by Crippen LogP contribution is 2.34. The van der Waals surface area contributed by atoms with Crippen molar-refractivity contribution >= 4 is 18.1 Å². The normalized spacial score (nSPS) is 21.6. The van der Waals surface area contributed by atoms with E-state index in [1.54, 1.807) is 11.8 Å². The molecule has 0 aromatic carbocycles. The standard InChI is InChI=1S/C22H34FN5O4/c1-14-25-17(19(23)20(26-14)27-11-18(30)22(2,3)12-27)9-24-21(31)16(10-28(32)13-29)8-15-6-4-5-7-15/h13,15-16,18,30,32H,4-12H2,1-3H3,(H,24,31)/t16-,18-/m1/s1. The molecule has 1 saturated heterocycles. The first-order valence-electron chi connectivity index (χ1n) is 11.2. The van der Waals surface area contributed by atoms with Crippen molar-refractivity contribution in [2.75, 3.05) is 24.5 Å². The first-order valence-corrected chi connectivity index (χ1v) is 11.2. The van der Waals surface area contributed by atoms with Crippen LogP contribution in [0.2, 0.25) is 0 Å². The minimum Gasteiger partial charge on any atom is -0.391 e. The molecule has 1 aromatic heterocycles. The minimum absolute atomic E-state index is 0.0657. The van der Waals surface area contributed by atoms with E-state index in [1.165, 1.54) is 0 Å². The topological polar surface area (TPSA) is 119 Å². The molecule has 1 aliphatic carbocycles. The van der Waals surface area contributed by atoms with Gasteiger partial charge in [0.25, 0.3) is 0 Å². The SMILES string of the molecule is Cc1nc(CNC(=O)[C@H](CC2CCCC2)CN(O)C=O)c(F)c(N2C[C@@H](O)C(C)(C)C2)n1. The van der Waals surface area contributed by atoms with Gasteiger partial charge in [0.1, 0.15) is 11.5 Å². The molecule has 9 nitrogen and oxygen atoms in total. The molecule has 1 aliphatic heterocycles. The monoisotopic (exact) mass is 451 g/mol. The van der Waals surface area contributed by atoms with Crippen LogP contribution in [0.25, 0.3) is 0 Å². The number of nitrogens with one attached hydrogen (secondary N) is 1. The lowest BCUT2D eigenvalue weighted by Gasteiger charge is -2.23. The number of carbonyl (C=O) groups excluding carboxylic acids is 2. The van der Waals surface area contributed by atoms with Crippen molar-refractivity contribution in [1.29, 1.82) is 0 Å². The number of nitrogens with zero attached hydrogens (tertiary/aromatic N) is 4. The summed E-state index contributed by atoms with van der Waals surface area (Å²) in [6.45, 7) is 5.97. The summed E-state index contributed by atoms with van der Waals surface area (Å²) in [4.78, 5) is 33.8. The molecule has 3 rings (SSSR count). The summed E-state index contributed by atoms with van der Waals surface area (Å²) in [7, 11) is 0. The highest BCUT2D eigenvalue weighted by molar-refractivity contribution is 5.79. The Balaban J connectivity index is 1.71. The van der Waals surface area contributed by atoms with E-state index in [0.717, 1.165) is 25.7 Å². The maximum absolute atomic E-state index is 15.2. The molecule has 2 fully saturated rings. The van der Waals surface area contributed by atoms with Gasteiger partial charge in [0.05, 0.1) is 25.1 Å². The van der Waals surface area contributed by atoms with Crippen LogP contribution >= 0.6 is 0 Å². The van der Waals surface area contributed by atoms with E-state index in [9.17, 15) is 19.9 Å². The molecule has 1 saturated carbocycles. The van der Waals surface area contributed by atoms with Gasteiger partial charge in [-0.25, -0.2) is 19.4 Å². The van der Waals surface area contributed by atoms with Gasteiger partial charge in [-0.2, -0.15) is 0 Å². The third-order valence-corrected chi connectivity index (χ3v) is 6.63. The van der Waals surface area contributed by atoms with Crippen LogP contribution in [0.5, 0.6) is 0 Å². The van der Waals surface area contributed by atoms with E-state index >= 15 is 4.39 Å². The van der Waals surface area contributed by atoms with E-state index in [-0.39, 0.29) is 48.9 Å². The Kier molecular flexibility index (Phi) is 7.66. The molecular weight excluding hydrogens is 417 g/mol. The van der Waals surface area contributed by atoms with E-state index in [1.807, 2.05) is 13.8 Å². The van der Waals surface area contributed by atoms with Crippen molar-refractivity contribution in [3.8, 4) is 0 Å². The molecular formula is C22H34FN5O4. The number of aliphatic hydroxyl groups is 1. The first kappa shape index (κ1) is 24.3. The Morgan fingerprint density at radius 2 is 2.06 bits per heavy atom. The van der Waals surface area contributed by atoms with Gasteiger partial charge >= 0.3 is 0 Å². The van der Waals surface area contributed by atoms with Crippen molar-refractivity contribution in [3.05, 3.63) is 17.3 Å². The smallest absolute Gasteiger partial charge is 0.233 e.